The first kappa shape index (κ1) is 14.6. The van der Waals surface area contributed by atoms with E-state index in [0.29, 0.717) is 35.6 Å². The zero-order chi connectivity index (χ0) is 14.4. The molecule has 0 aliphatic heterocycles. The molecule has 0 radical (unpaired) electrons. The number of benzene rings is 1. The van der Waals surface area contributed by atoms with Crippen LogP contribution in [0.2, 0.25) is 5.02 Å². The van der Waals surface area contributed by atoms with E-state index >= 15 is 0 Å². The summed E-state index contributed by atoms with van der Waals surface area (Å²) in [6.07, 6.45) is 0. The van der Waals surface area contributed by atoms with Crippen LogP contribution in [-0.4, -0.2) is 18.6 Å². The first-order valence-electron chi connectivity index (χ1n) is 6.44. The zero-order valence-electron chi connectivity index (χ0n) is 11.5. The van der Waals surface area contributed by atoms with Crippen LogP contribution in [0.3, 0.4) is 0 Å². The van der Waals surface area contributed by atoms with Gasteiger partial charge in [-0.15, -0.1) is 0 Å². The van der Waals surface area contributed by atoms with Crippen molar-refractivity contribution in [3.8, 4) is 17.4 Å². The van der Waals surface area contributed by atoms with Crippen molar-refractivity contribution in [2.24, 2.45) is 0 Å². The molecule has 0 saturated heterocycles. The minimum absolute atomic E-state index is 0.492. The van der Waals surface area contributed by atoms with Crippen LogP contribution in [0.5, 0.6) is 17.4 Å². The molecule has 1 aromatic carbocycles. The van der Waals surface area contributed by atoms with Crippen molar-refractivity contribution in [3.63, 3.8) is 0 Å². The molecule has 5 heteroatoms. The van der Waals surface area contributed by atoms with Gasteiger partial charge in [0.2, 0.25) is 5.88 Å². The van der Waals surface area contributed by atoms with Gasteiger partial charge in [-0.05, 0) is 32.2 Å². The van der Waals surface area contributed by atoms with Crippen LogP contribution < -0.4 is 14.8 Å². The number of nitrogens with zero attached hydrogens (tertiary/aromatic N) is 1. The predicted molar refractivity (Wildman–Crippen MR) is 79.7 cm³/mol. The summed E-state index contributed by atoms with van der Waals surface area (Å²) < 4.78 is 11.3. The average Bonchev–Trinajstić information content (AvgIpc) is 2.45. The number of hydrogen-bond donors (Lipinski definition) is 1. The average molecular weight is 293 g/mol. The van der Waals surface area contributed by atoms with E-state index in [-0.39, 0.29) is 0 Å². The van der Waals surface area contributed by atoms with Crippen LogP contribution >= 0.6 is 11.6 Å². The first-order chi connectivity index (χ1) is 9.74. The topological polar surface area (TPSA) is 43.4 Å². The van der Waals surface area contributed by atoms with Gasteiger partial charge in [-0.1, -0.05) is 23.7 Å². The van der Waals surface area contributed by atoms with Crippen molar-refractivity contribution in [2.45, 2.75) is 13.5 Å². The zero-order valence-corrected chi connectivity index (χ0v) is 12.3. The fourth-order valence-electron chi connectivity index (χ4n) is 1.73. The summed E-state index contributed by atoms with van der Waals surface area (Å²) in [6, 6.07) is 11.0. The van der Waals surface area contributed by atoms with Crippen molar-refractivity contribution in [2.75, 3.05) is 13.7 Å². The number of nitrogens with one attached hydrogen (secondary N) is 1. The lowest BCUT2D eigenvalue weighted by molar-refractivity contribution is 0.319. The van der Waals surface area contributed by atoms with Gasteiger partial charge in [-0.2, -0.15) is 0 Å². The number of para-hydroxylation sites is 2. The largest absolute Gasteiger partial charge is 0.490 e. The highest BCUT2D eigenvalue weighted by atomic mass is 35.5. The van der Waals surface area contributed by atoms with Gasteiger partial charge in [-0.25, -0.2) is 4.98 Å². The van der Waals surface area contributed by atoms with Gasteiger partial charge in [0.15, 0.2) is 11.5 Å². The molecule has 4 nitrogen and oxygen atoms in total. The van der Waals surface area contributed by atoms with Crippen molar-refractivity contribution in [1.29, 1.82) is 0 Å². The second kappa shape index (κ2) is 7.12. The summed E-state index contributed by atoms with van der Waals surface area (Å²) in [6.45, 7) is 3.10. The first-order valence-corrected chi connectivity index (χ1v) is 6.82. The number of hydrogen-bond acceptors (Lipinski definition) is 4. The molecule has 106 valence electrons. The van der Waals surface area contributed by atoms with Gasteiger partial charge < -0.3 is 14.8 Å². The molecule has 20 heavy (non-hydrogen) atoms. The molecule has 0 spiro atoms. The summed E-state index contributed by atoms with van der Waals surface area (Å²) in [5.41, 5.74) is 0.751. The maximum atomic E-state index is 6.08. The van der Waals surface area contributed by atoms with Crippen LogP contribution in [0, 0.1) is 0 Å². The molecule has 0 atom stereocenters. The van der Waals surface area contributed by atoms with Crippen molar-refractivity contribution >= 4 is 11.6 Å². The molecule has 2 rings (SSSR count). The third-order valence-electron chi connectivity index (χ3n) is 2.60. The summed E-state index contributed by atoms with van der Waals surface area (Å²) >= 11 is 6.08. The van der Waals surface area contributed by atoms with E-state index in [1.165, 1.54) is 0 Å². The molecule has 0 fully saturated rings. The summed E-state index contributed by atoms with van der Waals surface area (Å²) in [5.74, 6) is 1.83. The van der Waals surface area contributed by atoms with E-state index in [2.05, 4.69) is 10.3 Å². The molecule has 0 aliphatic carbocycles. The molecule has 2 aromatic rings. The van der Waals surface area contributed by atoms with Gasteiger partial charge in [0, 0.05) is 12.6 Å². The second-order valence-corrected chi connectivity index (χ2v) is 4.50. The second-order valence-electron chi connectivity index (χ2n) is 4.09. The van der Waals surface area contributed by atoms with Crippen LogP contribution in [0.25, 0.3) is 0 Å². The fraction of sp³-hybridized carbons (Fsp3) is 0.267. The summed E-state index contributed by atoms with van der Waals surface area (Å²) in [4.78, 5) is 4.39. The Balaban J connectivity index is 2.23. The summed E-state index contributed by atoms with van der Waals surface area (Å²) in [7, 11) is 1.84. The van der Waals surface area contributed by atoms with Crippen molar-refractivity contribution < 1.29 is 9.47 Å². The minimum Gasteiger partial charge on any atom is -0.490 e. The Kier molecular flexibility index (Phi) is 5.21. The van der Waals surface area contributed by atoms with Gasteiger partial charge in [0.05, 0.1) is 17.3 Å². The Hall–Kier alpha value is -1.78. The SMILES string of the molecule is CCOc1ccccc1Oc1ccc(Cl)c(CNC)n1. The highest BCUT2D eigenvalue weighted by Crippen LogP contribution is 2.31. The van der Waals surface area contributed by atoms with Crippen LogP contribution in [0.1, 0.15) is 12.6 Å². The lowest BCUT2D eigenvalue weighted by atomic mass is 10.3. The number of rotatable bonds is 6. The maximum Gasteiger partial charge on any atom is 0.219 e. The minimum atomic E-state index is 0.492. The molecule has 0 amide bonds. The molecule has 1 aromatic heterocycles. The molecule has 0 saturated carbocycles. The number of halogens is 1. The quantitative estimate of drug-likeness (QED) is 0.882. The fourth-order valence-corrected chi connectivity index (χ4v) is 1.91. The number of ether oxygens (including phenoxy) is 2. The van der Waals surface area contributed by atoms with Gasteiger partial charge in [0.1, 0.15) is 0 Å². The van der Waals surface area contributed by atoms with Gasteiger partial charge in [-0.3, -0.25) is 0 Å². The maximum absolute atomic E-state index is 6.08. The Morgan fingerprint density at radius 2 is 1.90 bits per heavy atom. The molecule has 1 heterocycles. The molecular formula is C15H17ClN2O2. The predicted octanol–water partition coefficient (Wildman–Crippen LogP) is 3.65. The van der Waals surface area contributed by atoms with Crippen LogP contribution in [-0.2, 0) is 6.54 Å². The van der Waals surface area contributed by atoms with Gasteiger partial charge in [0.25, 0.3) is 0 Å². The van der Waals surface area contributed by atoms with Gasteiger partial charge >= 0.3 is 0 Å². The highest BCUT2D eigenvalue weighted by molar-refractivity contribution is 6.31. The Labute approximate surface area is 123 Å². The van der Waals surface area contributed by atoms with E-state index in [4.69, 9.17) is 21.1 Å². The Morgan fingerprint density at radius 1 is 1.15 bits per heavy atom. The lowest BCUT2D eigenvalue weighted by Gasteiger charge is -2.11. The lowest BCUT2D eigenvalue weighted by Crippen LogP contribution is -2.08. The molecule has 1 N–H and O–H groups in total. The summed E-state index contributed by atoms with van der Waals surface area (Å²) in [5, 5.41) is 3.64. The van der Waals surface area contributed by atoms with E-state index in [1.807, 2.05) is 38.2 Å². The van der Waals surface area contributed by atoms with E-state index in [1.54, 1.807) is 12.1 Å². The molecule has 0 bridgehead atoms. The van der Waals surface area contributed by atoms with Crippen LogP contribution in [0.15, 0.2) is 36.4 Å². The molecule has 0 unspecified atom stereocenters. The smallest absolute Gasteiger partial charge is 0.219 e. The van der Waals surface area contributed by atoms with Crippen molar-refractivity contribution in [3.05, 3.63) is 47.1 Å². The third kappa shape index (κ3) is 3.62. The van der Waals surface area contributed by atoms with Crippen molar-refractivity contribution in [1.82, 2.24) is 10.3 Å². The molecular weight excluding hydrogens is 276 g/mol. The number of pyridine rings is 1. The molecule has 0 aliphatic rings. The number of aromatic nitrogens is 1. The van der Waals surface area contributed by atoms with Crippen LogP contribution in [0.4, 0.5) is 0 Å². The third-order valence-corrected chi connectivity index (χ3v) is 2.94. The van der Waals surface area contributed by atoms with E-state index in [0.717, 1.165) is 5.69 Å². The van der Waals surface area contributed by atoms with E-state index < -0.39 is 0 Å². The highest BCUT2D eigenvalue weighted by Gasteiger charge is 2.08. The van der Waals surface area contributed by atoms with E-state index in [9.17, 15) is 0 Å². The normalized spacial score (nSPS) is 10.3. The monoisotopic (exact) mass is 292 g/mol. The Morgan fingerprint density at radius 3 is 2.60 bits per heavy atom. The standard InChI is InChI=1S/C15H17ClN2O2/c1-3-19-13-6-4-5-7-14(13)20-15-9-8-11(16)12(18-15)10-17-2/h4-9,17H,3,10H2,1-2H3. The Bertz CT molecular complexity index is 576.